The summed E-state index contributed by atoms with van der Waals surface area (Å²) in [7, 11) is 0. The molecule has 1 aromatic heterocycles. The number of hydrogen-bond donors (Lipinski definition) is 3. The fraction of sp³-hybridized carbons (Fsp3) is 0.0500. The number of rotatable bonds is 4. The Labute approximate surface area is 151 Å². The second-order valence-electron chi connectivity index (χ2n) is 5.67. The summed E-state index contributed by atoms with van der Waals surface area (Å²) >= 11 is 0. The molecule has 0 aliphatic rings. The minimum absolute atomic E-state index is 0.263. The van der Waals surface area contributed by atoms with Gasteiger partial charge >= 0.3 is 0 Å². The molecule has 1 heterocycles. The normalized spacial score (nSPS) is 10.2. The van der Waals surface area contributed by atoms with Gasteiger partial charge in [-0.2, -0.15) is 5.26 Å². The van der Waals surface area contributed by atoms with Crippen LogP contribution in [-0.2, 0) is 6.54 Å². The molecule has 0 aliphatic carbocycles. The van der Waals surface area contributed by atoms with Crippen molar-refractivity contribution in [1.82, 2.24) is 4.98 Å². The van der Waals surface area contributed by atoms with Crippen molar-refractivity contribution in [2.24, 2.45) is 5.73 Å². The number of aromatic nitrogens is 1. The van der Waals surface area contributed by atoms with Gasteiger partial charge in [0.2, 0.25) is 0 Å². The summed E-state index contributed by atoms with van der Waals surface area (Å²) in [5, 5.41) is 12.1. The zero-order chi connectivity index (χ0) is 18.5. The smallest absolute Gasteiger partial charge is 0.255 e. The molecule has 3 rings (SSSR count). The molecule has 0 aliphatic heterocycles. The van der Waals surface area contributed by atoms with Gasteiger partial charge in [-0.05, 0) is 35.9 Å². The van der Waals surface area contributed by atoms with Crippen LogP contribution < -0.4 is 16.8 Å². The number of para-hydroxylation sites is 2. The maximum atomic E-state index is 12.4. The van der Waals surface area contributed by atoms with E-state index in [1.54, 1.807) is 60.8 Å². The van der Waals surface area contributed by atoms with Gasteiger partial charge in [-0.25, -0.2) is 0 Å². The Morgan fingerprint density at radius 3 is 2.54 bits per heavy atom. The Morgan fingerprint density at radius 2 is 1.88 bits per heavy atom. The van der Waals surface area contributed by atoms with E-state index in [1.807, 2.05) is 0 Å². The van der Waals surface area contributed by atoms with Gasteiger partial charge in [-0.3, -0.25) is 9.78 Å². The van der Waals surface area contributed by atoms with Crippen molar-refractivity contribution in [2.75, 3.05) is 11.1 Å². The summed E-state index contributed by atoms with van der Waals surface area (Å²) in [6.07, 6.45) is 1.65. The SMILES string of the molecule is N#Cc1cc(CN)cnc1-c1ccc(C(=O)Nc2ccccc2N)cc1. The monoisotopic (exact) mass is 343 g/mol. The van der Waals surface area contributed by atoms with Crippen LogP contribution in [0.5, 0.6) is 0 Å². The zero-order valence-electron chi connectivity index (χ0n) is 13.9. The summed E-state index contributed by atoms with van der Waals surface area (Å²) in [5.41, 5.74) is 15.5. The number of benzene rings is 2. The van der Waals surface area contributed by atoms with E-state index in [2.05, 4.69) is 16.4 Å². The van der Waals surface area contributed by atoms with Gasteiger partial charge in [0.1, 0.15) is 6.07 Å². The number of nitrogens with zero attached hydrogens (tertiary/aromatic N) is 2. The van der Waals surface area contributed by atoms with E-state index < -0.39 is 0 Å². The third kappa shape index (κ3) is 3.53. The molecule has 2 aromatic carbocycles. The van der Waals surface area contributed by atoms with Gasteiger partial charge < -0.3 is 16.8 Å². The predicted molar refractivity (Wildman–Crippen MR) is 101 cm³/mol. The second kappa shape index (κ2) is 7.47. The van der Waals surface area contributed by atoms with Gasteiger partial charge in [0.05, 0.1) is 22.6 Å². The molecule has 0 saturated carbocycles. The Morgan fingerprint density at radius 1 is 1.15 bits per heavy atom. The van der Waals surface area contributed by atoms with Crippen LogP contribution in [0.3, 0.4) is 0 Å². The quantitative estimate of drug-likeness (QED) is 0.630. The highest BCUT2D eigenvalue weighted by molar-refractivity contribution is 6.05. The molecule has 6 nitrogen and oxygen atoms in total. The van der Waals surface area contributed by atoms with Crippen molar-refractivity contribution in [1.29, 1.82) is 5.26 Å². The molecule has 0 unspecified atom stereocenters. The van der Waals surface area contributed by atoms with E-state index in [9.17, 15) is 10.1 Å². The average molecular weight is 343 g/mol. The number of nitrogen functional groups attached to an aromatic ring is 1. The van der Waals surface area contributed by atoms with E-state index in [4.69, 9.17) is 11.5 Å². The van der Waals surface area contributed by atoms with Gasteiger partial charge in [-0.1, -0.05) is 24.3 Å². The summed E-state index contributed by atoms with van der Waals surface area (Å²) in [6, 6.07) is 17.8. The van der Waals surface area contributed by atoms with Crippen LogP contribution in [0, 0.1) is 11.3 Å². The number of carbonyl (C=O) groups excluding carboxylic acids is 1. The van der Waals surface area contributed by atoms with Crippen LogP contribution in [0.2, 0.25) is 0 Å². The van der Waals surface area contributed by atoms with Gasteiger partial charge in [0, 0.05) is 23.9 Å². The van der Waals surface area contributed by atoms with Crippen LogP contribution in [0.4, 0.5) is 11.4 Å². The molecule has 128 valence electrons. The van der Waals surface area contributed by atoms with Crippen molar-refractivity contribution < 1.29 is 4.79 Å². The molecular weight excluding hydrogens is 326 g/mol. The number of amides is 1. The first-order valence-electron chi connectivity index (χ1n) is 7.97. The topological polar surface area (TPSA) is 118 Å². The highest BCUT2D eigenvalue weighted by Crippen LogP contribution is 2.23. The Bertz CT molecular complexity index is 990. The Hall–Kier alpha value is -3.69. The number of hydrogen-bond acceptors (Lipinski definition) is 5. The van der Waals surface area contributed by atoms with E-state index >= 15 is 0 Å². The van der Waals surface area contributed by atoms with E-state index in [0.717, 1.165) is 11.1 Å². The van der Waals surface area contributed by atoms with Crippen LogP contribution in [-0.4, -0.2) is 10.9 Å². The van der Waals surface area contributed by atoms with E-state index in [-0.39, 0.29) is 5.91 Å². The van der Waals surface area contributed by atoms with Crippen LogP contribution >= 0.6 is 0 Å². The number of nitrogens with one attached hydrogen (secondary N) is 1. The van der Waals surface area contributed by atoms with Crippen molar-refractivity contribution in [3.05, 3.63) is 77.5 Å². The maximum absolute atomic E-state index is 12.4. The van der Waals surface area contributed by atoms with Crippen LogP contribution in [0.25, 0.3) is 11.3 Å². The molecule has 0 radical (unpaired) electrons. The largest absolute Gasteiger partial charge is 0.397 e. The molecule has 5 N–H and O–H groups in total. The van der Waals surface area contributed by atoms with Crippen molar-refractivity contribution in [2.45, 2.75) is 6.54 Å². The summed E-state index contributed by atoms with van der Waals surface area (Å²) < 4.78 is 0. The third-order valence-corrected chi connectivity index (χ3v) is 3.93. The minimum Gasteiger partial charge on any atom is -0.397 e. The van der Waals surface area contributed by atoms with Gasteiger partial charge in [-0.15, -0.1) is 0 Å². The molecule has 0 saturated heterocycles. The van der Waals surface area contributed by atoms with Crippen molar-refractivity contribution in [3.63, 3.8) is 0 Å². The maximum Gasteiger partial charge on any atom is 0.255 e. The Kier molecular flexibility index (Phi) is 4.92. The first-order chi connectivity index (χ1) is 12.6. The zero-order valence-corrected chi connectivity index (χ0v) is 13.9. The molecule has 6 heteroatoms. The minimum atomic E-state index is -0.263. The fourth-order valence-corrected chi connectivity index (χ4v) is 2.52. The van der Waals surface area contributed by atoms with Gasteiger partial charge in [0.15, 0.2) is 0 Å². The summed E-state index contributed by atoms with van der Waals surface area (Å²) in [4.78, 5) is 16.7. The number of pyridine rings is 1. The molecule has 0 fully saturated rings. The number of anilines is 2. The second-order valence-corrected chi connectivity index (χ2v) is 5.67. The predicted octanol–water partition coefficient (Wildman–Crippen LogP) is 2.91. The standard InChI is InChI=1S/C20H17N5O/c21-10-13-9-16(11-22)19(24-12-13)14-5-7-15(8-6-14)20(26)25-18-4-2-1-3-17(18)23/h1-9,12H,10,21,23H2,(H,25,26). The van der Waals surface area contributed by atoms with Crippen LogP contribution in [0.15, 0.2) is 60.8 Å². The molecule has 3 aromatic rings. The van der Waals surface area contributed by atoms with E-state index in [1.165, 1.54) is 0 Å². The average Bonchev–Trinajstić information content (AvgIpc) is 2.69. The first-order valence-corrected chi connectivity index (χ1v) is 7.97. The lowest BCUT2D eigenvalue weighted by Crippen LogP contribution is -2.13. The molecule has 26 heavy (non-hydrogen) atoms. The molecule has 0 bridgehead atoms. The summed E-state index contributed by atoms with van der Waals surface area (Å²) in [6.45, 7) is 0.323. The summed E-state index contributed by atoms with van der Waals surface area (Å²) in [5.74, 6) is -0.263. The lowest BCUT2D eigenvalue weighted by molar-refractivity contribution is 0.102. The van der Waals surface area contributed by atoms with Crippen molar-refractivity contribution >= 4 is 17.3 Å². The van der Waals surface area contributed by atoms with Crippen molar-refractivity contribution in [3.8, 4) is 17.3 Å². The van der Waals surface area contributed by atoms with E-state index in [0.29, 0.717) is 34.7 Å². The number of carbonyl (C=O) groups is 1. The Balaban J connectivity index is 1.84. The highest BCUT2D eigenvalue weighted by atomic mass is 16.1. The van der Waals surface area contributed by atoms with Gasteiger partial charge in [0.25, 0.3) is 5.91 Å². The molecule has 0 spiro atoms. The molecular formula is C20H17N5O. The molecule has 1 amide bonds. The molecule has 0 atom stereocenters. The fourth-order valence-electron chi connectivity index (χ4n) is 2.52. The third-order valence-electron chi connectivity index (χ3n) is 3.93. The highest BCUT2D eigenvalue weighted by Gasteiger charge is 2.11. The lowest BCUT2D eigenvalue weighted by Gasteiger charge is -2.09. The van der Waals surface area contributed by atoms with Crippen LogP contribution in [0.1, 0.15) is 21.5 Å². The lowest BCUT2D eigenvalue weighted by atomic mass is 10.0. The first kappa shape index (κ1) is 17.1. The number of nitrogens with two attached hydrogens (primary N) is 2. The number of nitriles is 1.